The van der Waals surface area contributed by atoms with Crippen LogP contribution in [0.3, 0.4) is 0 Å². The molecule has 0 radical (unpaired) electrons. The van der Waals surface area contributed by atoms with E-state index in [1.165, 1.54) is 0 Å². The van der Waals surface area contributed by atoms with Crippen molar-refractivity contribution in [3.8, 4) is 11.1 Å². The molecule has 2 aromatic rings. The molecule has 10 heteroatoms. The Hall–Kier alpha value is -3.56. The fourth-order valence-electron chi connectivity index (χ4n) is 4.75. The van der Waals surface area contributed by atoms with E-state index in [9.17, 15) is 27.6 Å². The van der Waals surface area contributed by atoms with Crippen LogP contribution < -0.4 is 5.32 Å². The molecule has 4 rings (SSSR count). The summed E-state index contributed by atoms with van der Waals surface area (Å²) in [6.07, 6.45) is -6.22. The number of hydrogen-bond acceptors (Lipinski definition) is 4. The number of carbonyl (C=O) groups excluding carboxylic acids is 2. The van der Waals surface area contributed by atoms with Gasteiger partial charge in [0, 0.05) is 18.5 Å². The lowest BCUT2D eigenvalue weighted by Crippen LogP contribution is -2.57. The summed E-state index contributed by atoms with van der Waals surface area (Å²) in [7, 11) is 0. The van der Waals surface area contributed by atoms with Crippen LogP contribution in [0.2, 0.25) is 0 Å². The summed E-state index contributed by atoms with van der Waals surface area (Å²) in [6.45, 7) is -0.209. The van der Waals surface area contributed by atoms with Gasteiger partial charge >= 0.3 is 18.2 Å². The molecule has 2 unspecified atom stereocenters. The second-order valence-corrected chi connectivity index (χ2v) is 8.37. The molecule has 7 nitrogen and oxygen atoms in total. The third-order valence-electron chi connectivity index (χ3n) is 6.25. The summed E-state index contributed by atoms with van der Waals surface area (Å²) in [6, 6.07) is 11.4. The molecule has 0 bridgehead atoms. The lowest BCUT2D eigenvalue weighted by molar-refractivity contribution is -0.175. The SMILES string of the molecule is O=C(O)CC1CCCN1C(=O)C(NC(=O)OCC1c2ccccc2-c2ccccc21)C(F)(F)F. The first-order valence-electron chi connectivity index (χ1n) is 10.9. The fraction of sp³-hybridized carbons (Fsp3) is 0.375. The molecule has 34 heavy (non-hydrogen) atoms. The lowest BCUT2D eigenvalue weighted by atomic mass is 9.98. The summed E-state index contributed by atoms with van der Waals surface area (Å²) in [5, 5.41) is 10.6. The van der Waals surface area contributed by atoms with Crippen LogP contribution >= 0.6 is 0 Å². The second kappa shape index (κ2) is 9.36. The molecule has 1 saturated heterocycles. The number of alkyl halides is 3. The first-order valence-corrected chi connectivity index (χ1v) is 10.9. The van der Waals surface area contributed by atoms with Crippen molar-refractivity contribution in [2.24, 2.45) is 0 Å². The molecule has 180 valence electrons. The van der Waals surface area contributed by atoms with Crippen LogP contribution in [-0.2, 0) is 14.3 Å². The predicted molar refractivity (Wildman–Crippen MR) is 115 cm³/mol. The molecule has 0 aromatic heterocycles. The van der Waals surface area contributed by atoms with E-state index in [0.29, 0.717) is 6.42 Å². The predicted octanol–water partition coefficient (Wildman–Crippen LogP) is 3.92. The number of carbonyl (C=O) groups is 3. The minimum atomic E-state index is -5.07. The third-order valence-corrected chi connectivity index (χ3v) is 6.25. The maximum Gasteiger partial charge on any atom is 0.417 e. The quantitative estimate of drug-likeness (QED) is 0.659. The number of benzene rings is 2. The number of likely N-dealkylation sites (tertiary alicyclic amines) is 1. The molecule has 1 aliphatic heterocycles. The molecule has 2 aliphatic rings. The van der Waals surface area contributed by atoms with Gasteiger partial charge in [0.1, 0.15) is 6.61 Å². The van der Waals surface area contributed by atoms with Crippen molar-refractivity contribution in [3.05, 3.63) is 59.7 Å². The zero-order valence-corrected chi connectivity index (χ0v) is 18.0. The highest BCUT2D eigenvalue weighted by Gasteiger charge is 2.50. The van der Waals surface area contributed by atoms with Gasteiger partial charge in [0.2, 0.25) is 6.04 Å². The highest BCUT2D eigenvalue weighted by atomic mass is 19.4. The van der Waals surface area contributed by atoms with Gasteiger partial charge in [0.25, 0.3) is 5.91 Å². The zero-order chi connectivity index (χ0) is 24.5. The number of fused-ring (bicyclic) bond motifs is 3. The van der Waals surface area contributed by atoms with Gasteiger partial charge in [0.15, 0.2) is 0 Å². The number of ether oxygens (including phenoxy) is 1. The van der Waals surface area contributed by atoms with Crippen molar-refractivity contribution in [1.29, 1.82) is 0 Å². The molecule has 1 heterocycles. The van der Waals surface area contributed by atoms with E-state index in [-0.39, 0.29) is 25.5 Å². The van der Waals surface area contributed by atoms with Gasteiger partial charge in [-0.25, -0.2) is 4.79 Å². The number of nitrogens with one attached hydrogen (secondary N) is 1. The Bertz CT molecular complexity index is 1060. The minimum Gasteiger partial charge on any atom is -0.481 e. The molecule has 2 amide bonds. The number of halogens is 3. The molecule has 2 aromatic carbocycles. The summed E-state index contributed by atoms with van der Waals surface area (Å²) in [4.78, 5) is 36.9. The van der Waals surface area contributed by atoms with E-state index in [2.05, 4.69) is 0 Å². The van der Waals surface area contributed by atoms with Crippen molar-refractivity contribution in [1.82, 2.24) is 10.2 Å². The summed E-state index contributed by atoms with van der Waals surface area (Å²) < 4.78 is 46.2. The standard InChI is InChI=1S/C24H23F3N2O5/c25-24(26,27)21(22(32)29-11-5-6-14(29)12-20(30)31)28-23(33)34-13-19-17-9-3-1-7-15(17)16-8-2-4-10-18(16)19/h1-4,7-10,14,19,21H,5-6,11-13H2,(H,28,33)(H,30,31). The van der Waals surface area contributed by atoms with Crippen LogP contribution in [0, 0.1) is 0 Å². The van der Waals surface area contributed by atoms with Crippen LogP contribution in [-0.4, -0.2) is 59.4 Å². The molecule has 0 spiro atoms. The van der Waals surface area contributed by atoms with Gasteiger partial charge in [0.05, 0.1) is 6.42 Å². The van der Waals surface area contributed by atoms with Crippen molar-refractivity contribution in [2.45, 2.75) is 43.4 Å². The average molecular weight is 476 g/mol. The Morgan fingerprint density at radius 1 is 1.06 bits per heavy atom. The van der Waals surface area contributed by atoms with E-state index >= 15 is 0 Å². The zero-order valence-electron chi connectivity index (χ0n) is 18.0. The topological polar surface area (TPSA) is 95.9 Å². The maximum atomic E-state index is 13.7. The normalized spacial score (nSPS) is 18.2. The number of rotatable bonds is 6. The summed E-state index contributed by atoms with van der Waals surface area (Å²) in [5.74, 6) is -2.95. The van der Waals surface area contributed by atoms with Crippen LogP contribution in [0.1, 0.15) is 36.3 Å². The lowest BCUT2D eigenvalue weighted by Gasteiger charge is -2.29. The monoisotopic (exact) mass is 476 g/mol. The Kier molecular flexibility index (Phi) is 6.49. The van der Waals surface area contributed by atoms with Gasteiger partial charge < -0.3 is 20.1 Å². The number of carboxylic acid groups (broad SMARTS) is 1. The minimum absolute atomic E-state index is 0.00424. The van der Waals surface area contributed by atoms with Crippen LogP contribution in [0.5, 0.6) is 0 Å². The van der Waals surface area contributed by atoms with Gasteiger partial charge in [-0.2, -0.15) is 13.2 Å². The smallest absolute Gasteiger partial charge is 0.417 e. The van der Waals surface area contributed by atoms with E-state index in [1.807, 2.05) is 48.5 Å². The number of alkyl carbamates (subject to hydrolysis) is 1. The van der Waals surface area contributed by atoms with Crippen LogP contribution in [0.4, 0.5) is 18.0 Å². The third kappa shape index (κ3) is 4.71. The summed E-state index contributed by atoms with van der Waals surface area (Å²) in [5.41, 5.74) is 3.73. The number of hydrogen-bond donors (Lipinski definition) is 2. The first-order chi connectivity index (χ1) is 16.2. The Morgan fingerprint density at radius 3 is 2.21 bits per heavy atom. The Balaban J connectivity index is 1.45. The summed E-state index contributed by atoms with van der Waals surface area (Å²) >= 11 is 0. The maximum absolute atomic E-state index is 13.7. The van der Waals surface area contributed by atoms with E-state index in [0.717, 1.165) is 27.2 Å². The Labute approximate surface area is 193 Å². The van der Waals surface area contributed by atoms with E-state index in [4.69, 9.17) is 9.84 Å². The fourth-order valence-corrected chi connectivity index (χ4v) is 4.75. The average Bonchev–Trinajstić information content (AvgIpc) is 3.37. The second-order valence-electron chi connectivity index (χ2n) is 8.37. The number of aliphatic carboxylic acids is 1. The van der Waals surface area contributed by atoms with Crippen molar-refractivity contribution < 1.29 is 37.4 Å². The first kappa shape index (κ1) is 23.6. The molecule has 1 aliphatic carbocycles. The van der Waals surface area contributed by atoms with Gasteiger partial charge in [-0.05, 0) is 35.1 Å². The molecule has 2 atom stereocenters. The molecule has 1 fully saturated rings. The largest absolute Gasteiger partial charge is 0.481 e. The van der Waals surface area contributed by atoms with Crippen molar-refractivity contribution >= 4 is 18.0 Å². The van der Waals surface area contributed by atoms with Crippen molar-refractivity contribution in [2.75, 3.05) is 13.2 Å². The van der Waals surface area contributed by atoms with Crippen LogP contribution in [0.15, 0.2) is 48.5 Å². The van der Waals surface area contributed by atoms with E-state index in [1.54, 1.807) is 5.32 Å². The van der Waals surface area contributed by atoms with Gasteiger partial charge in [-0.3, -0.25) is 9.59 Å². The molecule has 0 saturated carbocycles. The highest BCUT2D eigenvalue weighted by Crippen LogP contribution is 2.44. The van der Waals surface area contributed by atoms with Crippen LogP contribution in [0.25, 0.3) is 11.1 Å². The number of nitrogens with zero attached hydrogens (tertiary/aromatic N) is 1. The highest BCUT2D eigenvalue weighted by molar-refractivity contribution is 5.87. The molecule has 2 N–H and O–H groups in total. The number of carboxylic acids is 1. The molecular weight excluding hydrogens is 453 g/mol. The van der Waals surface area contributed by atoms with E-state index < -0.39 is 42.7 Å². The van der Waals surface area contributed by atoms with Crippen molar-refractivity contribution in [3.63, 3.8) is 0 Å². The molecular formula is C24H23F3N2O5. The van der Waals surface area contributed by atoms with Gasteiger partial charge in [-0.1, -0.05) is 48.5 Å². The number of amides is 2. The van der Waals surface area contributed by atoms with Gasteiger partial charge in [-0.15, -0.1) is 0 Å². The Morgan fingerprint density at radius 2 is 1.65 bits per heavy atom.